The van der Waals surface area contributed by atoms with Crippen LogP contribution in [0.2, 0.25) is 0 Å². The molecule has 0 aromatic heterocycles. The van der Waals surface area contributed by atoms with E-state index in [1.54, 1.807) is 21.3 Å². The number of benzene rings is 2. The van der Waals surface area contributed by atoms with Crippen LogP contribution in [0.4, 0.5) is 5.69 Å². The van der Waals surface area contributed by atoms with Gasteiger partial charge in [0.15, 0.2) is 5.96 Å². The molecule has 0 unspecified atom stereocenters. The number of guanidine groups is 1. The van der Waals surface area contributed by atoms with Crippen LogP contribution in [0, 0.1) is 0 Å². The molecule has 0 spiro atoms. The summed E-state index contributed by atoms with van der Waals surface area (Å²) in [5, 5.41) is 3.44. The SMILES string of the molecule is CN=C(NCc1ccc(N2CCOCC2)cc1)N(C)Cc1ccc(OC)cc1OC. The molecule has 2 aromatic carbocycles. The third kappa shape index (κ3) is 5.57. The Balaban J connectivity index is 1.57. The van der Waals surface area contributed by atoms with E-state index in [-0.39, 0.29) is 0 Å². The molecule has 0 saturated carbocycles. The summed E-state index contributed by atoms with van der Waals surface area (Å²) in [5.41, 5.74) is 3.53. The Hall–Kier alpha value is -2.93. The number of ether oxygens (including phenoxy) is 3. The summed E-state index contributed by atoms with van der Waals surface area (Å²) in [6.45, 7) is 4.87. The van der Waals surface area contributed by atoms with Gasteiger partial charge in [-0.25, -0.2) is 0 Å². The van der Waals surface area contributed by atoms with E-state index in [1.807, 2.05) is 25.2 Å². The number of nitrogens with one attached hydrogen (secondary N) is 1. The molecule has 0 amide bonds. The molecular formula is C23H32N4O3. The number of hydrogen-bond donors (Lipinski definition) is 1. The Morgan fingerprint density at radius 2 is 1.83 bits per heavy atom. The summed E-state index contributed by atoms with van der Waals surface area (Å²) >= 11 is 0. The summed E-state index contributed by atoms with van der Waals surface area (Å²) < 4.78 is 16.2. The third-order valence-corrected chi connectivity index (χ3v) is 5.24. The van der Waals surface area contributed by atoms with E-state index in [0.29, 0.717) is 13.1 Å². The van der Waals surface area contributed by atoms with E-state index < -0.39 is 0 Å². The van der Waals surface area contributed by atoms with Crippen molar-refractivity contribution >= 4 is 11.6 Å². The number of morpholine rings is 1. The number of methoxy groups -OCH3 is 2. The lowest BCUT2D eigenvalue weighted by molar-refractivity contribution is 0.122. The van der Waals surface area contributed by atoms with E-state index >= 15 is 0 Å². The molecule has 0 radical (unpaired) electrons. The zero-order valence-corrected chi connectivity index (χ0v) is 18.4. The summed E-state index contributed by atoms with van der Waals surface area (Å²) in [5.74, 6) is 2.40. The molecule has 3 rings (SSSR count). The van der Waals surface area contributed by atoms with Crippen molar-refractivity contribution in [2.45, 2.75) is 13.1 Å². The second kappa shape index (κ2) is 10.7. The minimum Gasteiger partial charge on any atom is -0.497 e. The van der Waals surface area contributed by atoms with Gasteiger partial charge in [-0.05, 0) is 29.8 Å². The van der Waals surface area contributed by atoms with E-state index in [9.17, 15) is 0 Å². The number of nitrogens with zero attached hydrogens (tertiary/aromatic N) is 3. The van der Waals surface area contributed by atoms with Crippen molar-refractivity contribution in [2.24, 2.45) is 4.99 Å². The van der Waals surface area contributed by atoms with Crippen LogP contribution < -0.4 is 19.7 Å². The first-order chi connectivity index (χ1) is 14.6. The molecule has 1 heterocycles. The van der Waals surface area contributed by atoms with Gasteiger partial charge in [-0.1, -0.05) is 12.1 Å². The molecular weight excluding hydrogens is 380 g/mol. The van der Waals surface area contributed by atoms with Gasteiger partial charge in [0.25, 0.3) is 0 Å². The Morgan fingerprint density at radius 3 is 2.47 bits per heavy atom. The predicted molar refractivity (Wildman–Crippen MR) is 121 cm³/mol. The van der Waals surface area contributed by atoms with E-state index in [1.165, 1.54) is 11.3 Å². The fourth-order valence-electron chi connectivity index (χ4n) is 3.52. The summed E-state index contributed by atoms with van der Waals surface area (Å²) in [6.07, 6.45) is 0. The quantitative estimate of drug-likeness (QED) is 0.558. The second-order valence-corrected chi connectivity index (χ2v) is 7.20. The normalized spacial score (nSPS) is 14.4. The van der Waals surface area contributed by atoms with Gasteiger partial charge in [0, 0.05) is 57.6 Å². The van der Waals surface area contributed by atoms with Gasteiger partial charge >= 0.3 is 0 Å². The zero-order valence-electron chi connectivity index (χ0n) is 18.4. The van der Waals surface area contributed by atoms with Crippen LogP contribution in [0.15, 0.2) is 47.5 Å². The average molecular weight is 413 g/mol. The lowest BCUT2D eigenvalue weighted by atomic mass is 10.1. The molecule has 2 aromatic rings. The Morgan fingerprint density at radius 1 is 1.10 bits per heavy atom. The molecule has 1 fully saturated rings. The molecule has 0 atom stereocenters. The standard InChI is InChI=1S/C23H32N4O3/c1-24-23(26(2)17-19-7-10-21(28-3)15-22(19)29-4)25-16-18-5-8-20(9-6-18)27-11-13-30-14-12-27/h5-10,15H,11-14,16-17H2,1-4H3,(H,24,25). The van der Waals surface area contributed by atoms with Gasteiger partial charge in [0.1, 0.15) is 11.5 Å². The van der Waals surface area contributed by atoms with Gasteiger partial charge in [-0.2, -0.15) is 0 Å². The lowest BCUT2D eigenvalue weighted by Crippen LogP contribution is -2.38. The van der Waals surface area contributed by atoms with Crippen molar-refractivity contribution in [3.8, 4) is 11.5 Å². The van der Waals surface area contributed by atoms with Gasteiger partial charge < -0.3 is 29.3 Å². The van der Waals surface area contributed by atoms with Crippen LogP contribution in [0.3, 0.4) is 0 Å². The van der Waals surface area contributed by atoms with Gasteiger partial charge in [0.05, 0.1) is 27.4 Å². The van der Waals surface area contributed by atoms with Crippen LogP contribution in [-0.2, 0) is 17.8 Å². The molecule has 1 aliphatic heterocycles. The topological polar surface area (TPSA) is 58.6 Å². The van der Waals surface area contributed by atoms with Crippen molar-refractivity contribution in [1.82, 2.24) is 10.2 Å². The number of anilines is 1. The predicted octanol–water partition coefficient (Wildman–Crippen LogP) is 2.75. The zero-order chi connectivity index (χ0) is 21.3. The van der Waals surface area contributed by atoms with E-state index in [0.717, 1.165) is 49.3 Å². The first kappa shape index (κ1) is 21.8. The average Bonchev–Trinajstić information content (AvgIpc) is 2.80. The molecule has 30 heavy (non-hydrogen) atoms. The lowest BCUT2D eigenvalue weighted by Gasteiger charge is -2.29. The van der Waals surface area contributed by atoms with Crippen molar-refractivity contribution in [1.29, 1.82) is 0 Å². The van der Waals surface area contributed by atoms with Crippen LogP contribution in [-0.4, -0.2) is 65.5 Å². The third-order valence-electron chi connectivity index (χ3n) is 5.24. The summed E-state index contributed by atoms with van der Waals surface area (Å²) in [6, 6.07) is 14.5. The monoisotopic (exact) mass is 412 g/mol. The first-order valence-electron chi connectivity index (χ1n) is 10.2. The molecule has 7 nitrogen and oxygen atoms in total. The minimum atomic E-state index is 0.669. The van der Waals surface area contributed by atoms with E-state index in [4.69, 9.17) is 14.2 Å². The molecule has 0 bridgehead atoms. The number of hydrogen-bond acceptors (Lipinski definition) is 5. The van der Waals surface area contributed by atoms with Crippen molar-refractivity contribution in [3.63, 3.8) is 0 Å². The summed E-state index contributed by atoms with van der Waals surface area (Å²) in [4.78, 5) is 8.86. The highest BCUT2D eigenvalue weighted by atomic mass is 16.5. The van der Waals surface area contributed by atoms with Crippen molar-refractivity contribution in [3.05, 3.63) is 53.6 Å². The fourth-order valence-corrected chi connectivity index (χ4v) is 3.52. The highest BCUT2D eigenvalue weighted by Gasteiger charge is 2.13. The van der Waals surface area contributed by atoms with Gasteiger partial charge in [-0.3, -0.25) is 4.99 Å². The van der Waals surface area contributed by atoms with Crippen LogP contribution in [0.5, 0.6) is 11.5 Å². The molecule has 162 valence electrons. The van der Waals surface area contributed by atoms with Crippen LogP contribution >= 0.6 is 0 Å². The van der Waals surface area contributed by atoms with E-state index in [2.05, 4.69) is 44.4 Å². The second-order valence-electron chi connectivity index (χ2n) is 7.20. The van der Waals surface area contributed by atoms with Crippen molar-refractivity contribution < 1.29 is 14.2 Å². The smallest absolute Gasteiger partial charge is 0.193 e. The molecule has 1 N–H and O–H groups in total. The Bertz CT molecular complexity index is 833. The highest BCUT2D eigenvalue weighted by Crippen LogP contribution is 2.25. The van der Waals surface area contributed by atoms with Gasteiger partial charge in [-0.15, -0.1) is 0 Å². The molecule has 7 heteroatoms. The molecule has 0 aliphatic carbocycles. The van der Waals surface area contributed by atoms with Crippen LogP contribution in [0.25, 0.3) is 0 Å². The molecule has 1 saturated heterocycles. The summed E-state index contributed by atoms with van der Waals surface area (Å²) in [7, 11) is 7.14. The highest BCUT2D eigenvalue weighted by molar-refractivity contribution is 5.79. The van der Waals surface area contributed by atoms with Gasteiger partial charge in [0.2, 0.25) is 0 Å². The van der Waals surface area contributed by atoms with Crippen molar-refractivity contribution in [2.75, 3.05) is 59.5 Å². The molecule has 1 aliphatic rings. The maximum absolute atomic E-state index is 5.51. The fraction of sp³-hybridized carbons (Fsp3) is 0.435. The maximum Gasteiger partial charge on any atom is 0.193 e. The maximum atomic E-state index is 5.51. The Kier molecular flexibility index (Phi) is 7.79. The number of rotatable bonds is 7. The minimum absolute atomic E-state index is 0.669. The largest absolute Gasteiger partial charge is 0.497 e. The number of aliphatic imine (C=N–C) groups is 1. The Labute approximate surface area is 179 Å². The van der Waals surface area contributed by atoms with Crippen LogP contribution in [0.1, 0.15) is 11.1 Å². The first-order valence-corrected chi connectivity index (χ1v) is 10.2.